The van der Waals surface area contributed by atoms with Crippen LogP contribution < -0.4 is 10.9 Å². The lowest BCUT2D eigenvalue weighted by Gasteiger charge is -2.43. The Kier molecular flexibility index (Phi) is 6.03. The highest BCUT2D eigenvalue weighted by Gasteiger charge is 2.37. The van der Waals surface area contributed by atoms with E-state index in [1.807, 2.05) is 39.1 Å². The van der Waals surface area contributed by atoms with Crippen LogP contribution in [0.5, 0.6) is 0 Å². The summed E-state index contributed by atoms with van der Waals surface area (Å²) in [5.41, 5.74) is 1.72. The van der Waals surface area contributed by atoms with Gasteiger partial charge in [-0.15, -0.1) is 11.3 Å². The molecule has 2 aliphatic heterocycles. The minimum Gasteiger partial charge on any atom is -0.336 e. The van der Waals surface area contributed by atoms with Crippen molar-refractivity contribution in [2.45, 2.75) is 18.9 Å². The van der Waals surface area contributed by atoms with E-state index in [1.165, 1.54) is 11.3 Å². The summed E-state index contributed by atoms with van der Waals surface area (Å²) >= 11 is 4.92. The normalized spacial score (nSPS) is 19.7. The van der Waals surface area contributed by atoms with Crippen molar-refractivity contribution in [3.8, 4) is 0 Å². The van der Waals surface area contributed by atoms with Gasteiger partial charge in [0.05, 0.1) is 5.56 Å². The van der Waals surface area contributed by atoms with Gasteiger partial charge in [0.15, 0.2) is 0 Å². The molecule has 8 heteroatoms. The molecule has 2 amide bonds. The molecule has 1 fully saturated rings. The Bertz CT molecular complexity index is 1300. The summed E-state index contributed by atoms with van der Waals surface area (Å²) in [6.45, 7) is 1.69. The molecule has 5 rings (SSSR count). The minimum absolute atomic E-state index is 0.0148. The predicted molar refractivity (Wildman–Crippen MR) is 132 cm³/mol. The summed E-state index contributed by atoms with van der Waals surface area (Å²) in [7, 11) is 0. The molecule has 1 saturated heterocycles. The van der Waals surface area contributed by atoms with Crippen molar-refractivity contribution in [1.29, 1.82) is 0 Å². The van der Waals surface area contributed by atoms with Gasteiger partial charge in [-0.25, -0.2) is 0 Å². The fourth-order valence-electron chi connectivity index (χ4n) is 4.73. The number of amides is 2. The number of piperidine rings is 1. The van der Waals surface area contributed by atoms with Gasteiger partial charge in [-0.3, -0.25) is 14.4 Å². The van der Waals surface area contributed by atoms with Crippen LogP contribution in [0.25, 0.3) is 6.08 Å². The molecule has 0 spiro atoms. The fraction of sp³-hybridized carbons (Fsp3) is 0.240. The smallest absolute Gasteiger partial charge is 0.270 e. The van der Waals surface area contributed by atoms with E-state index in [4.69, 9.17) is 0 Å². The fourth-order valence-corrected chi connectivity index (χ4v) is 5.86. The zero-order valence-electron chi connectivity index (χ0n) is 17.7. The first-order chi connectivity index (χ1) is 16.0. The van der Waals surface area contributed by atoms with Gasteiger partial charge in [0, 0.05) is 46.7 Å². The molecule has 1 aromatic carbocycles. The van der Waals surface area contributed by atoms with Crippen LogP contribution in [-0.4, -0.2) is 34.4 Å². The number of carbonyl (C=O) groups is 2. The van der Waals surface area contributed by atoms with Crippen molar-refractivity contribution in [3.05, 3.63) is 96.6 Å². The van der Waals surface area contributed by atoms with Crippen LogP contribution in [0.2, 0.25) is 0 Å². The van der Waals surface area contributed by atoms with Gasteiger partial charge in [0.2, 0.25) is 0 Å². The lowest BCUT2D eigenvalue weighted by molar-refractivity contribution is -0.130. The first-order valence-electron chi connectivity index (χ1n) is 10.8. The molecule has 168 valence electrons. The molecule has 1 N–H and O–H groups in total. The van der Waals surface area contributed by atoms with Gasteiger partial charge in [0.25, 0.3) is 17.4 Å². The molecular formula is C25H22BrN3O3S. The van der Waals surface area contributed by atoms with Gasteiger partial charge in [-0.1, -0.05) is 24.3 Å². The highest BCUT2D eigenvalue weighted by molar-refractivity contribution is 9.10. The molecule has 2 atom stereocenters. The van der Waals surface area contributed by atoms with Crippen molar-refractivity contribution >= 4 is 45.2 Å². The highest BCUT2D eigenvalue weighted by Crippen LogP contribution is 2.35. The summed E-state index contributed by atoms with van der Waals surface area (Å²) in [6.07, 6.45) is 2.70. The largest absolute Gasteiger partial charge is 0.336 e. The first kappa shape index (κ1) is 21.9. The monoisotopic (exact) mass is 523 g/mol. The van der Waals surface area contributed by atoms with Crippen LogP contribution >= 0.6 is 27.3 Å². The van der Waals surface area contributed by atoms with Crippen molar-refractivity contribution in [2.24, 2.45) is 5.92 Å². The molecule has 0 saturated carbocycles. The second kappa shape index (κ2) is 9.11. The number of nitrogens with zero attached hydrogens (tertiary/aromatic N) is 2. The van der Waals surface area contributed by atoms with Crippen LogP contribution in [0, 0.1) is 5.92 Å². The quantitative estimate of drug-likeness (QED) is 0.523. The molecule has 4 heterocycles. The van der Waals surface area contributed by atoms with E-state index in [0.29, 0.717) is 29.7 Å². The molecule has 3 aromatic rings. The Morgan fingerprint density at radius 3 is 2.67 bits per heavy atom. The van der Waals surface area contributed by atoms with Crippen LogP contribution in [0.4, 0.5) is 0 Å². The third-order valence-corrected chi connectivity index (χ3v) is 7.70. The molecule has 2 aliphatic rings. The number of nitrogens with one attached hydrogen (secondary N) is 1. The van der Waals surface area contributed by atoms with Gasteiger partial charge >= 0.3 is 0 Å². The molecular weight excluding hydrogens is 502 g/mol. The van der Waals surface area contributed by atoms with E-state index in [9.17, 15) is 14.4 Å². The number of hydrogen-bond donors (Lipinski definition) is 1. The Morgan fingerprint density at radius 2 is 1.88 bits per heavy atom. The number of halogens is 1. The number of fused-ring (bicyclic) bond motifs is 4. The highest BCUT2D eigenvalue weighted by atomic mass is 79.9. The van der Waals surface area contributed by atoms with E-state index in [2.05, 4.69) is 21.2 Å². The van der Waals surface area contributed by atoms with Crippen LogP contribution in [0.3, 0.4) is 0 Å². The maximum atomic E-state index is 13.7. The third-order valence-electron chi connectivity index (χ3n) is 6.19. The molecule has 33 heavy (non-hydrogen) atoms. The van der Waals surface area contributed by atoms with Crippen LogP contribution in [0.1, 0.15) is 33.3 Å². The van der Waals surface area contributed by atoms with Crippen molar-refractivity contribution in [2.75, 3.05) is 13.1 Å². The zero-order valence-corrected chi connectivity index (χ0v) is 20.1. The van der Waals surface area contributed by atoms with E-state index in [-0.39, 0.29) is 34.9 Å². The van der Waals surface area contributed by atoms with Gasteiger partial charge in [-0.2, -0.15) is 0 Å². The van der Waals surface area contributed by atoms with E-state index >= 15 is 0 Å². The first-order valence-corrected chi connectivity index (χ1v) is 12.5. The van der Waals surface area contributed by atoms with Gasteiger partial charge in [-0.05, 0) is 64.0 Å². The summed E-state index contributed by atoms with van der Waals surface area (Å²) in [5, 5.41) is 4.79. The average Bonchev–Trinajstić information content (AvgIpc) is 3.32. The van der Waals surface area contributed by atoms with Crippen molar-refractivity contribution < 1.29 is 9.59 Å². The van der Waals surface area contributed by atoms with Crippen molar-refractivity contribution in [3.63, 3.8) is 0 Å². The number of hydrogen-bond acceptors (Lipinski definition) is 4. The summed E-state index contributed by atoms with van der Waals surface area (Å²) in [6, 6.07) is 16.3. The number of pyridine rings is 1. The second-order valence-electron chi connectivity index (χ2n) is 8.42. The van der Waals surface area contributed by atoms with E-state index in [0.717, 1.165) is 17.0 Å². The molecule has 2 unspecified atom stereocenters. The number of aromatic nitrogens is 1. The summed E-state index contributed by atoms with van der Waals surface area (Å²) < 4.78 is 2.51. The lowest BCUT2D eigenvalue weighted by Crippen LogP contribution is -2.50. The average molecular weight is 524 g/mol. The van der Waals surface area contributed by atoms with Gasteiger partial charge in [0.1, 0.15) is 5.70 Å². The van der Waals surface area contributed by atoms with E-state index in [1.54, 1.807) is 36.4 Å². The maximum absolute atomic E-state index is 13.7. The lowest BCUT2D eigenvalue weighted by atomic mass is 9.83. The minimum atomic E-state index is -0.340. The topological polar surface area (TPSA) is 71.4 Å². The van der Waals surface area contributed by atoms with E-state index < -0.39 is 0 Å². The molecule has 0 aliphatic carbocycles. The molecule has 6 nitrogen and oxygen atoms in total. The third kappa shape index (κ3) is 4.45. The number of likely N-dealkylation sites (tertiary alicyclic amines) is 1. The maximum Gasteiger partial charge on any atom is 0.270 e. The molecule has 2 bridgehead atoms. The van der Waals surface area contributed by atoms with Crippen LogP contribution in [0.15, 0.2) is 74.9 Å². The van der Waals surface area contributed by atoms with Gasteiger partial charge < -0.3 is 14.8 Å². The summed E-state index contributed by atoms with van der Waals surface area (Å²) in [4.78, 5) is 41.7. The Hall–Kier alpha value is -2.97. The summed E-state index contributed by atoms with van der Waals surface area (Å²) in [5.74, 6) is -0.225. The Balaban J connectivity index is 1.43. The number of carbonyl (C=O) groups excluding carboxylic acids is 2. The zero-order chi connectivity index (χ0) is 22.9. The number of benzene rings is 1. The SMILES string of the molecule is O=C(N/C(=C/c1cccs1)C(=O)N1CC2CC(C1)c1cccc(=O)n1C2)c1ccccc1Br. The molecule has 2 aromatic heterocycles. The Labute approximate surface area is 203 Å². The second-order valence-corrected chi connectivity index (χ2v) is 10.2. The number of rotatable bonds is 4. The molecule has 0 radical (unpaired) electrons. The van der Waals surface area contributed by atoms with Crippen molar-refractivity contribution in [1.82, 2.24) is 14.8 Å². The van der Waals surface area contributed by atoms with Crippen LogP contribution in [-0.2, 0) is 11.3 Å². The standard InChI is InChI=1S/C25H22BrN3O3S/c26-20-7-2-1-6-19(20)24(31)27-21(12-18-5-4-10-33-18)25(32)28-13-16-11-17(15-28)22-8-3-9-23(30)29(22)14-16/h1-10,12,16-17H,11,13-15H2,(H,27,31)/b21-12+. The Morgan fingerprint density at radius 1 is 1.03 bits per heavy atom. The number of thiophene rings is 1. The predicted octanol–water partition coefficient (Wildman–Crippen LogP) is 4.09.